The number of anilines is 3. The Morgan fingerprint density at radius 3 is 2.51 bits per heavy atom. The summed E-state index contributed by atoms with van der Waals surface area (Å²) in [6.07, 6.45) is 3.39. The van der Waals surface area contributed by atoms with Crippen LogP contribution >= 0.6 is 0 Å². The molecule has 8 N–H and O–H groups in total. The van der Waals surface area contributed by atoms with Crippen LogP contribution in [0.15, 0.2) is 48.7 Å². The summed E-state index contributed by atoms with van der Waals surface area (Å²) in [7, 11) is 1.67. The molecule has 2 aromatic heterocycles. The maximum absolute atomic E-state index is 6.14. The van der Waals surface area contributed by atoms with E-state index in [1.54, 1.807) is 7.11 Å². The number of ether oxygens (including phenoxy) is 1. The molecule has 0 fully saturated rings. The Balaban J connectivity index is 1.47. The van der Waals surface area contributed by atoms with E-state index in [-0.39, 0.29) is 12.1 Å². The SMILES string of the molecule is CCCC(N)Nc1nc(N)nc2cn(Cc3ccc(CNCc4ccc(N)cc4)cc3OC)nc12. The number of aromatic nitrogens is 4. The fourth-order valence-electron chi connectivity index (χ4n) is 3.91. The summed E-state index contributed by atoms with van der Waals surface area (Å²) in [5.74, 6) is 1.52. The highest BCUT2D eigenvalue weighted by atomic mass is 16.5. The topological polar surface area (TPSA) is 155 Å². The molecule has 0 aliphatic rings. The number of fused-ring (bicyclic) bond motifs is 1. The Morgan fingerprint density at radius 2 is 1.77 bits per heavy atom. The molecule has 4 rings (SSSR count). The molecule has 1 unspecified atom stereocenters. The second-order valence-corrected chi connectivity index (χ2v) is 8.52. The van der Waals surface area contributed by atoms with Gasteiger partial charge in [-0.1, -0.05) is 37.6 Å². The van der Waals surface area contributed by atoms with Crippen LogP contribution in [0, 0.1) is 0 Å². The van der Waals surface area contributed by atoms with Crippen LogP contribution in [-0.4, -0.2) is 33.0 Å². The number of rotatable bonds is 11. The summed E-state index contributed by atoms with van der Waals surface area (Å²) in [5, 5.41) is 11.3. The quantitative estimate of drug-likeness (QED) is 0.163. The van der Waals surface area contributed by atoms with Crippen molar-refractivity contribution in [2.75, 3.05) is 23.9 Å². The minimum absolute atomic E-state index is 0.177. The first-order valence-corrected chi connectivity index (χ1v) is 11.7. The van der Waals surface area contributed by atoms with Gasteiger partial charge in [0.1, 0.15) is 11.3 Å². The third-order valence-electron chi connectivity index (χ3n) is 5.67. The van der Waals surface area contributed by atoms with Crippen molar-refractivity contribution in [3.8, 4) is 5.75 Å². The maximum Gasteiger partial charge on any atom is 0.222 e. The number of nitrogens with zero attached hydrogens (tertiary/aromatic N) is 4. The number of benzene rings is 2. The molecule has 10 heteroatoms. The van der Waals surface area contributed by atoms with Crippen molar-refractivity contribution in [3.05, 3.63) is 65.4 Å². The molecule has 10 nitrogen and oxygen atoms in total. The Hall–Kier alpha value is -3.89. The van der Waals surface area contributed by atoms with Gasteiger partial charge in [0.05, 0.1) is 26.0 Å². The lowest BCUT2D eigenvalue weighted by atomic mass is 10.1. The minimum atomic E-state index is -0.232. The van der Waals surface area contributed by atoms with Gasteiger partial charge in [0.25, 0.3) is 0 Å². The highest BCUT2D eigenvalue weighted by molar-refractivity contribution is 5.85. The van der Waals surface area contributed by atoms with Gasteiger partial charge in [0, 0.05) is 24.3 Å². The zero-order valence-electron chi connectivity index (χ0n) is 20.2. The van der Waals surface area contributed by atoms with E-state index < -0.39 is 0 Å². The van der Waals surface area contributed by atoms with Gasteiger partial charge < -0.3 is 32.6 Å². The van der Waals surface area contributed by atoms with Crippen molar-refractivity contribution in [2.24, 2.45) is 5.73 Å². The van der Waals surface area contributed by atoms with Crippen LogP contribution in [0.3, 0.4) is 0 Å². The summed E-state index contributed by atoms with van der Waals surface area (Å²) in [4.78, 5) is 8.63. The zero-order chi connectivity index (χ0) is 24.8. The van der Waals surface area contributed by atoms with Gasteiger partial charge in [0.15, 0.2) is 11.3 Å². The second kappa shape index (κ2) is 11.0. The molecule has 2 heterocycles. The first-order valence-electron chi connectivity index (χ1n) is 11.7. The lowest BCUT2D eigenvalue weighted by Crippen LogP contribution is -2.29. The monoisotopic (exact) mass is 475 g/mol. The highest BCUT2D eigenvalue weighted by Gasteiger charge is 2.14. The number of hydrogen-bond donors (Lipinski definition) is 5. The molecule has 0 aliphatic carbocycles. The van der Waals surface area contributed by atoms with E-state index in [1.165, 1.54) is 5.56 Å². The fourth-order valence-corrected chi connectivity index (χ4v) is 3.91. The molecule has 0 aliphatic heterocycles. The third-order valence-corrected chi connectivity index (χ3v) is 5.67. The molecule has 0 saturated carbocycles. The summed E-state index contributed by atoms with van der Waals surface area (Å²) < 4.78 is 7.48. The van der Waals surface area contributed by atoms with E-state index >= 15 is 0 Å². The molecule has 184 valence electrons. The normalized spacial score (nSPS) is 12.1. The lowest BCUT2D eigenvalue weighted by Gasteiger charge is -2.13. The Morgan fingerprint density at radius 1 is 1.03 bits per heavy atom. The standard InChI is InChI=1S/C25H33N9O/c1-3-4-22(27)31-24-23-20(30-25(28)32-24)15-34(33-23)14-18-8-5-17(11-21(18)35-2)13-29-12-16-6-9-19(26)10-7-16/h5-11,15,22,29H,3-4,12-14,26-27H2,1-2H3,(H3,28,30,31,32). The first-order chi connectivity index (χ1) is 16.9. The average molecular weight is 476 g/mol. The van der Waals surface area contributed by atoms with Crippen LogP contribution in [-0.2, 0) is 19.6 Å². The fraction of sp³-hybridized carbons (Fsp3) is 0.320. The molecule has 1 atom stereocenters. The molecule has 0 radical (unpaired) electrons. The molecular formula is C25H33N9O. The first kappa shape index (κ1) is 24.2. The van der Waals surface area contributed by atoms with Crippen molar-refractivity contribution in [3.63, 3.8) is 0 Å². The number of methoxy groups -OCH3 is 1. The van der Waals surface area contributed by atoms with Crippen LogP contribution in [0.2, 0.25) is 0 Å². The zero-order valence-corrected chi connectivity index (χ0v) is 20.2. The van der Waals surface area contributed by atoms with Gasteiger partial charge in [-0.05, 0) is 35.7 Å². The van der Waals surface area contributed by atoms with Crippen molar-refractivity contribution in [2.45, 2.75) is 45.6 Å². The van der Waals surface area contributed by atoms with E-state index in [2.05, 4.69) is 39.7 Å². The Kier molecular flexibility index (Phi) is 7.64. The summed E-state index contributed by atoms with van der Waals surface area (Å²) in [6, 6.07) is 14.1. The lowest BCUT2D eigenvalue weighted by molar-refractivity contribution is 0.406. The van der Waals surface area contributed by atoms with Gasteiger partial charge in [-0.25, -0.2) is 4.98 Å². The van der Waals surface area contributed by atoms with Crippen molar-refractivity contribution >= 4 is 28.5 Å². The van der Waals surface area contributed by atoms with Gasteiger partial charge in [-0.3, -0.25) is 4.68 Å². The minimum Gasteiger partial charge on any atom is -0.496 e. The van der Waals surface area contributed by atoms with E-state index in [0.717, 1.165) is 42.0 Å². The summed E-state index contributed by atoms with van der Waals surface area (Å²) >= 11 is 0. The molecule has 4 aromatic rings. The average Bonchev–Trinajstić information content (AvgIpc) is 3.23. The highest BCUT2D eigenvalue weighted by Crippen LogP contribution is 2.24. The number of nitrogen functional groups attached to an aromatic ring is 2. The molecule has 0 saturated heterocycles. The van der Waals surface area contributed by atoms with Crippen molar-refractivity contribution < 1.29 is 4.74 Å². The number of hydrogen-bond acceptors (Lipinski definition) is 9. The number of nitrogens with one attached hydrogen (secondary N) is 2. The van der Waals surface area contributed by atoms with Crippen molar-refractivity contribution in [1.29, 1.82) is 0 Å². The summed E-state index contributed by atoms with van der Waals surface area (Å²) in [5.41, 5.74) is 23.2. The molecule has 0 spiro atoms. The van der Waals surface area contributed by atoms with Crippen LogP contribution in [0.1, 0.15) is 36.5 Å². The van der Waals surface area contributed by atoms with E-state index in [1.807, 2.05) is 41.2 Å². The Labute approximate surface area is 204 Å². The molecule has 2 aromatic carbocycles. The predicted molar refractivity (Wildman–Crippen MR) is 140 cm³/mol. The predicted octanol–water partition coefficient (Wildman–Crippen LogP) is 2.83. The number of nitrogens with two attached hydrogens (primary N) is 3. The molecular weight excluding hydrogens is 442 g/mol. The van der Waals surface area contributed by atoms with Gasteiger partial charge in [-0.2, -0.15) is 10.1 Å². The molecule has 0 bridgehead atoms. The summed E-state index contributed by atoms with van der Waals surface area (Å²) in [6.45, 7) is 4.06. The van der Waals surface area contributed by atoms with Crippen LogP contribution in [0.4, 0.5) is 17.5 Å². The van der Waals surface area contributed by atoms with E-state index in [0.29, 0.717) is 29.9 Å². The van der Waals surface area contributed by atoms with Gasteiger partial charge in [0.2, 0.25) is 5.95 Å². The van der Waals surface area contributed by atoms with Crippen LogP contribution in [0.5, 0.6) is 5.75 Å². The van der Waals surface area contributed by atoms with Gasteiger partial charge >= 0.3 is 0 Å². The van der Waals surface area contributed by atoms with Gasteiger partial charge in [-0.15, -0.1) is 0 Å². The smallest absolute Gasteiger partial charge is 0.222 e. The van der Waals surface area contributed by atoms with Crippen molar-refractivity contribution in [1.82, 2.24) is 25.1 Å². The third kappa shape index (κ3) is 6.17. The van der Waals surface area contributed by atoms with Crippen LogP contribution < -0.4 is 32.6 Å². The molecule has 35 heavy (non-hydrogen) atoms. The van der Waals surface area contributed by atoms with E-state index in [9.17, 15) is 0 Å². The molecule has 0 amide bonds. The Bertz CT molecular complexity index is 1270. The van der Waals surface area contributed by atoms with E-state index in [4.69, 9.17) is 27.0 Å². The maximum atomic E-state index is 6.14. The second-order valence-electron chi connectivity index (χ2n) is 8.52. The largest absolute Gasteiger partial charge is 0.496 e. The van der Waals surface area contributed by atoms with Crippen LogP contribution in [0.25, 0.3) is 11.0 Å².